The van der Waals surface area contributed by atoms with Gasteiger partial charge in [0, 0.05) is 5.02 Å². The van der Waals surface area contributed by atoms with Crippen molar-refractivity contribution in [3.05, 3.63) is 28.8 Å². The molecule has 0 saturated carbocycles. The monoisotopic (exact) mass is 276 g/mol. The minimum absolute atomic E-state index is 0.116. The second kappa shape index (κ2) is 4.14. The third kappa shape index (κ3) is 2.25. The number of aryl methyl sites for hydroxylation is 1. The highest BCUT2D eigenvalue weighted by atomic mass is 127. The molecule has 0 spiro atoms. The minimum Gasteiger partial charge on any atom is -0.291 e. The molecule has 0 atom stereocenters. The Bertz CT molecular complexity index is 237. The Hall–Kier alpha value is 1.01. The van der Waals surface area contributed by atoms with Gasteiger partial charge in [-0.25, -0.2) is 0 Å². The molecule has 0 nitrogen and oxygen atoms in total. The molecule has 0 saturated heterocycles. The van der Waals surface area contributed by atoms with Gasteiger partial charge in [-0.15, -0.1) is 3.69 Å². The van der Waals surface area contributed by atoms with E-state index in [1.807, 2.05) is 6.07 Å². The highest BCUT2D eigenvalue weighted by molar-refractivity contribution is 14.1. The zero-order valence-electron chi connectivity index (χ0n) is 5.70. The summed E-state index contributed by atoms with van der Waals surface area (Å²) in [7, 11) is 0. The lowest BCUT2D eigenvalue weighted by Crippen LogP contribution is -2.08. The predicted octanol–water partition coefficient (Wildman–Crippen LogP) is 2.33. The van der Waals surface area contributed by atoms with E-state index in [1.165, 1.54) is 9.26 Å². The van der Waals surface area contributed by atoms with Crippen molar-refractivity contribution < 1.29 is 0 Å². The molecule has 50 valence electrons. The van der Waals surface area contributed by atoms with Crippen molar-refractivity contribution in [1.82, 2.24) is 0 Å². The van der Waals surface area contributed by atoms with Crippen molar-refractivity contribution in [3.8, 4) is 0 Å². The van der Waals surface area contributed by atoms with E-state index in [2.05, 4.69) is 37.9 Å². The number of rotatable bonds is 1. The number of halogens is 2. The van der Waals surface area contributed by atoms with Crippen LogP contribution in [0.2, 0.25) is 5.02 Å². The third-order valence-corrected chi connectivity index (χ3v) is 5.30. The molecule has 1 rings (SSSR count). The topological polar surface area (TPSA) is 0 Å². The fraction of sp³-hybridized carbons (Fsp3) is 0.143. The fourth-order valence-electron chi connectivity index (χ4n) is 0.761. The highest BCUT2D eigenvalue weighted by Crippen LogP contribution is 2.07. The van der Waals surface area contributed by atoms with Crippen LogP contribution in [0.1, 0.15) is 5.56 Å². The number of benzene rings is 1. The molecule has 10 heavy (non-hydrogen) atoms. The Kier molecular flexibility index (Phi) is 3.76. The highest BCUT2D eigenvalue weighted by Gasteiger charge is 1.99. The van der Waals surface area contributed by atoms with Crippen LogP contribution < -0.4 is 3.69 Å². The van der Waals surface area contributed by atoms with Gasteiger partial charge >= 0.3 is 16.5 Å². The molecule has 0 aromatic heterocycles. The van der Waals surface area contributed by atoms with Crippen LogP contribution in [0.25, 0.3) is 0 Å². The van der Waals surface area contributed by atoms with E-state index in [1.54, 1.807) is 0 Å². The van der Waals surface area contributed by atoms with Gasteiger partial charge in [0.25, 0.3) is 0 Å². The average molecular weight is 277 g/mol. The molecule has 1 aromatic rings. The zero-order chi connectivity index (χ0) is 7.56. The van der Waals surface area contributed by atoms with Gasteiger partial charge in [0.2, 0.25) is 0 Å². The molecule has 0 aliphatic carbocycles. The second-order valence-corrected chi connectivity index (χ2v) is 5.95. The summed E-state index contributed by atoms with van der Waals surface area (Å²) in [6, 6.07) is 6.28. The van der Waals surface area contributed by atoms with Gasteiger partial charge in [-0.1, -0.05) is 23.7 Å². The first-order valence-electron chi connectivity index (χ1n) is 3.05. The summed E-state index contributed by atoms with van der Waals surface area (Å²) >= 11 is 8.29. The molecule has 0 N–H and O–H groups in total. The molecule has 1 aromatic carbocycles. The van der Waals surface area contributed by atoms with Crippen molar-refractivity contribution >= 4 is 50.6 Å². The SMILES string of the molecule is Cc1cc[c]([Mg][I])c(Cl)c1. The molecule has 0 unspecified atom stereocenters. The normalized spacial score (nSPS) is 9.10. The maximum absolute atomic E-state index is 5.96. The molecule has 0 heterocycles. The number of hydrogen-bond acceptors (Lipinski definition) is 0. The second-order valence-electron chi connectivity index (χ2n) is 2.23. The third-order valence-electron chi connectivity index (χ3n) is 1.35. The van der Waals surface area contributed by atoms with Crippen LogP contribution >= 0.6 is 30.5 Å². The molecule has 0 radical (unpaired) electrons. The molecule has 0 bridgehead atoms. The summed E-state index contributed by atoms with van der Waals surface area (Å²) in [6.07, 6.45) is 0. The Morgan fingerprint density at radius 2 is 2.20 bits per heavy atom. The van der Waals surface area contributed by atoms with Crippen LogP contribution in [-0.2, 0) is 0 Å². The van der Waals surface area contributed by atoms with Crippen molar-refractivity contribution in [2.24, 2.45) is 0 Å². The van der Waals surface area contributed by atoms with E-state index < -0.39 is 0 Å². The minimum atomic E-state index is -0.116. The van der Waals surface area contributed by atoms with Crippen LogP contribution in [0.5, 0.6) is 0 Å². The molecule has 3 heteroatoms. The first-order valence-corrected chi connectivity index (χ1v) is 9.24. The van der Waals surface area contributed by atoms with Crippen molar-refractivity contribution in [1.29, 1.82) is 0 Å². The molecule has 0 amide bonds. The first kappa shape index (κ1) is 9.10. The lowest BCUT2D eigenvalue weighted by atomic mass is 10.2. The van der Waals surface area contributed by atoms with E-state index >= 15 is 0 Å². The molecule has 0 aliphatic heterocycles. The standard InChI is InChI=1S/C7H6Cl.HI.Mg/c1-6-3-2-4-7(8)5-6;;/h2-3,5H,1H3;1H;/q;;+1/p-1. The van der Waals surface area contributed by atoms with E-state index in [4.69, 9.17) is 11.6 Å². The van der Waals surface area contributed by atoms with E-state index in [0.29, 0.717) is 0 Å². The Balaban J connectivity index is 3.07. The Morgan fingerprint density at radius 3 is 2.70 bits per heavy atom. The largest absolute Gasteiger partial charge is 0.504 e. The van der Waals surface area contributed by atoms with Crippen molar-refractivity contribution in [3.63, 3.8) is 0 Å². The smallest absolute Gasteiger partial charge is 0.291 e. The summed E-state index contributed by atoms with van der Waals surface area (Å²) in [5, 5.41) is 0.945. The Morgan fingerprint density at radius 1 is 1.50 bits per heavy atom. The Labute approximate surface area is 85.4 Å². The maximum Gasteiger partial charge on any atom is 0.504 e. The summed E-state index contributed by atoms with van der Waals surface area (Å²) in [6.45, 7) is 2.06. The van der Waals surface area contributed by atoms with Gasteiger partial charge in [-0.2, -0.15) is 0 Å². The van der Waals surface area contributed by atoms with Crippen molar-refractivity contribution in [2.45, 2.75) is 6.92 Å². The van der Waals surface area contributed by atoms with Crippen LogP contribution in [0.4, 0.5) is 0 Å². The van der Waals surface area contributed by atoms with Gasteiger partial charge in [0.1, 0.15) is 0 Å². The van der Waals surface area contributed by atoms with Gasteiger partial charge in [-0.05, 0) is 18.6 Å². The average Bonchev–Trinajstić information content (AvgIpc) is 1.88. The van der Waals surface area contributed by atoms with E-state index in [9.17, 15) is 0 Å². The summed E-state index contributed by atoms with van der Waals surface area (Å²) in [5.74, 6) is 0. The molecule has 0 aliphatic rings. The van der Waals surface area contributed by atoms with E-state index in [-0.39, 0.29) is 16.5 Å². The van der Waals surface area contributed by atoms with Gasteiger partial charge in [0.05, 0.1) is 0 Å². The van der Waals surface area contributed by atoms with Crippen molar-refractivity contribution in [2.75, 3.05) is 0 Å². The first-order chi connectivity index (χ1) is 4.74. The maximum atomic E-state index is 5.96. The summed E-state index contributed by atoms with van der Waals surface area (Å²) in [5.41, 5.74) is 1.24. The molecular formula is C7H6ClIMg. The van der Waals surface area contributed by atoms with Crippen LogP contribution in [0.3, 0.4) is 0 Å². The number of hydrogen-bond donors (Lipinski definition) is 0. The van der Waals surface area contributed by atoms with Crippen LogP contribution in [0.15, 0.2) is 18.2 Å². The summed E-state index contributed by atoms with van der Waals surface area (Å²) < 4.78 is 1.35. The van der Waals surface area contributed by atoms with Crippen LogP contribution in [0, 0.1) is 6.92 Å². The lowest BCUT2D eigenvalue weighted by Gasteiger charge is -1.99. The van der Waals surface area contributed by atoms with E-state index in [0.717, 1.165) is 5.02 Å². The lowest BCUT2D eigenvalue weighted by molar-refractivity contribution is 1.49. The zero-order valence-corrected chi connectivity index (χ0v) is 10.0. The molecular weight excluding hydrogens is 271 g/mol. The van der Waals surface area contributed by atoms with Gasteiger partial charge < -0.3 is 0 Å². The van der Waals surface area contributed by atoms with Gasteiger partial charge in [-0.3, -0.25) is 18.9 Å². The quantitative estimate of drug-likeness (QED) is 0.546. The van der Waals surface area contributed by atoms with Gasteiger partial charge in [0.15, 0.2) is 0 Å². The molecule has 0 fully saturated rings. The fourth-order valence-corrected chi connectivity index (χ4v) is 4.30. The predicted molar refractivity (Wildman–Crippen MR) is 55.6 cm³/mol. The summed E-state index contributed by atoms with van der Waals surface area (Å²) in [4.78, 5) is 0. The van der Waals surface area contributed by atoms with Crippen LogP contribution in [-0.4, -0.2) is 16.5 Å².